The third kappa shape index (κ3) is 4.91. The summed E-state index contributed by atoms with van der Waals surface area (Å²) < 4.78 is 0. The standard InChI is InChI=1S/C16H23NO/c1-3-16(4-2)17(13-14-18)12-8-11-15-9-6-5-7-10-15/h5-7,9-10,16,18H,3-4,12-14H2,1-2H3. The summed E-state index contributed by atoms with van der Waals surface area (Å²) in [6.45, 7) is 5.99. The van der Waals surface area contributed by atoms with Crippen molar-refractivity contribution in [3.63, 3.8) is 0 Å². The topological polar surface area (TPSA) is 23.5 Å². The number of rotatable bonds is 6. The van der Waals surface area contributed by atoms with E-state index < -0.39 is 0 Å². The van der Waals surface area contributed by atoms with Gasteiger partial charge in [0.2, 0.25) is 0 Å². The van der Waals surface area contributed by atoms with Crippen molar-refractivity contribution in [2.75, 3.05) is 19.7 Å². The Morgan fingerprint density at radius 2 is 1.83 bits per heavy atom. The summed E-state index contributed by atoms with van der Waals surface area (Å²) in [4.78, 5) is 2.26. The largest absolute Gasteiger partial charge is 0.395 e. The molecular weight excluding hydrogens is 222 g/mol. The summed E-state index contributed by atoms with van der Waals surface area (Å²) in [5.41, 5.74) is 1.05. The molecule has 1 N–H and O–H groups in total. The molecule has 2 nitrogen and oxygen atoms in total. The van der Waals surface area contributed by atoms with Crippen LogP contribution in [-0.2, 0) is 0 Å². The molecule has 2 heteroatoms. The summed E-state index contributed by atoms with van der Waals surface area (Å²) in [7, 11) is 0. The van der Waals surface area contributed by atoms with Gasteiger partial charge in [-0.15, -0.1) is 0 Å². The molecule has 1 aromatic carbocycles. The van der Waals surface area contributed by atoms with Gasteiger partial charge in [-0.25, -0.2) is 0 Å². The Bertz CT molecular complexity index is 373. The van der Waals surface area contributed by atoms with Crippen molar-refractivity contribution in [1.82, 2.24) is 4.90 Å². The van der Waals surface area contributed by atoms with Crippen LogP contribution >= 0.6 is 0 Å². The molecule has 1 rings (SSSR count). The fraction of sp³-hybridized carbons (Fsp3) is 0.500. The summed E-state index contributed by atoms with van der Waals surface area (Å²) in [6.07, 6.45) is 2.20. The summed E-state index contributed by atoms with van der Waals surface area (Å²) in [5.74, 6) is 6.36. The third-order valence-corrected chi connectivity index (χ3v) is 3.13. The van der Waals surface area contributed by atoms with Crippen LogP contribution in [0.4, 0.5) is 0 Å². The van der Waals surface area contributed by atoms with Crippen LogP contribution in [0.15, 0.2) is 30.3 Å². The van der Waals surface area contributed by atoms with E-state index in [0.29, 0.717) is 12.6 Å². The van der Waals surface area contributed by atoms with Crippen LogP contribution in [0.1, 0.15) is 32.3 Å². The van der Waals surface area contributed by atoms with Gasteiger partial charge in [0, 0.05) is 18.2 Å². The smallest absolute Gasteiger partial charge is 0.0608 e. The average Bonchev–Trinajstić information content (AvgIpc) is 2.41. The molecule has 0 aliphatic heterocycles. The first-order valence-corrected chi connectivity index (χ1v) is 6.70. The molecule has 0 bridgehead atoms. The molecule has 0 saturated carbocycles. The van der Waals surface area contributed by atoms with Crippen LogP contribution in [0.3, 0.4) is 0 Å². The van der Waals surface area contributed by atoms with E-state index in [0.717, 1.165) is 24.9 Å². The minimum Gasteiger partial charge on any atom is -0.395 e. The molecule has 0 aliphatic rings. The zero-order chi connectivity index (χ0) is 13.2. The van der Waals surface area contributed by atoms with Gasteiger partial charge < -0.3 is 5.11 Å². The van der Waals surface area contributed by atoms with Crippen molar-refractivity contribution in [2.45, 2.75) is 32.7 Å². The van der Waals surface area contributed by atoms with Crippen molar-refractivity contribution in [3.8, 4) is 11.8 Å². The summed E-state index contributed by atoms with van der Waals surface area (Å²) in [6, 6.07) is 10.5. The van der Waals surface area contributed by atoms with Gasteiger partial charge in [0.25, 0.3) is 0 Å². The Hall–Kier alpha value is -1.30. The summed E-state index contributed by atoms with van der Waals surface area (Å²) >= 11 is 0. The molecule has 0 amide bonds. The number of nitrogens with zero attached hydrogens (tertiary/aromatic N) is 1. The average molecular weight is 245 g/mol. The van der Waals surface area contributed by atoms with Gasteiger partial charge in [0.15, 0.2) is 0 Å². The minimum absolute atomic E-state index is 0.198. The lowest BCUT2D eigenvalue weighted by molar-refractivity contribution is 0.159. The first-order valence-electron chi connectivity index (χ1n) is 6.70. The van der Waals surface area contributed by atoms with Crippen molar-refractivity contribution in [2.24, 2.45) is 0 Å². The first kappa shape index (κ1) is 14.8. The van der Waals surface area contributed by atoms with Crippen molar-refractivity contribution in [3.05, 3.63) is 35.9 Å². The second-order valence-electron chi connectivity index (χ2n) is 4.33. The Morgan fingerprint density at radius 3 is 2.39 bits per heavy atom. The van der Waals surface area contributed by atoms with Gasteiger partial charge in [-0.3, -0.25) is 4.90 Å². The van der Waals surface area contributed by atoms with E-state index in [4.69, 9.17) is 5.11 Å². The van der Waals surface area contributed by atoms with Crippen LogP contribution in [0.5, 0.6) is 0 Å². The quantitative estimate of drug-likeness (QED) is 0.779. The molecule has 0 heterocycles. The van der Waals surface area contributed by atoms with Crippen molar-refractivity contribution >= 4 is 0 Å². The van der Waals surface area contributed by atoms with E-state index >= 15 is 0 Å². The predicted molar refractivity (Wildman–Crippen MR) is 76.3 cm³/mol. The minimum atomic E-state index is 0.198. The van der Waals surface area contributed by atoms with Gasteiger partial charge in [0.05, 0.1) is 13.2 Å². The highest BCUT2D eigenvalue weighted by molar-refractivity contribution is 5.33. The highest BCUT2D eigenvalue weighted by atomic mass is 16.3. The maximum Gasteiger partial charge on any atom is 0.0608 e. The molecule has 0 saturated heterocycles. The molecule has 0 unspecified atom stereocenters. The number of aliphatic hydroxyl groups excluding tert-OH is 1. The van der Waals surface area contributed by atoms with Gasteiger partial charge in [-0.1, -0.05) is 43.9 Å². The van der Waals surface area contributed by atoms with E-state index in [1.54, 1.807) is 0 Å². The Labute approximate surface area is 111 Å². The normalized spacial score (nSPS) is 10.5. The molecule has 0 radical (unpaired) electrons. The van der Waals surface area contributed by atoms with Gasteiger partial charge in [-0.2, -0.15) is 0 Å². The van der Waals surface area contributed by atoms with Gasteiger partial charge in [0.1, 0.15) is 0 Å². The zero-order valence-corrected chi connectivity index (χ0v) is 11.4. The van der Waals surface area contributed by atoms with Crippen LogP contribution in [0.25, 0.3) is 0 Å². The van der Waals surface area contributed by atoms with Crippen LogP contribution in [0, 0.1) is 11.8 Å². The van der Waals surface area contributed by atoms with E-state index in [1.807, 2.05) is 30.3 Å². The maximum atomic E-state index is 9.10. The monoisotopic (exact) mass is 245 g/mol. The molecule has 0 aliphatic carbocycles. The molecule has 0 fully saturated rings. The Morgan fingerprint density at radius 1 is 1.17 bits per heavy atom. The Kier molecular flexibility index (Phi) is 7.17. The van der Waals surface area contributed by atoms with E-state index in [2.05, 4.69) is 30.6 Å². The lowest BCUT2D eigenvalue weighted by atomic mass is 10.1. The lowest BCUT2D eigenvalue weighted by Gasteiger charge is -2.27. The van der Waals surface area contributed by atoms with E-state index in [1.165, 1.54) is 0 Å². The second kappa shape index (κ2) is 8.74. The fourth-order valence-electron chi connectivity index (χ4n) is 2.09. The maximum absolute atomic E-state index is 9.10. The second-order valence-corrected chi connectivity index (χ2v) is 4.33. The fourth-order valence-corrected chi connectivity index (χ4v) is 2.09. The van der Waals surface area contributed by atoms with Crippen molar-refractivity contribution < 1.29 is 5.11 Å². The third-order valence-electron chi connectivity index (χ3n) is 3.13. The molecule has 18 heavy (non-hydrogen) atoms. The highest BCUT2D eigenvalue weighted by Crippen LogP contribution is 2.07. The highest BCUT2D eigenvalue weighted by Gasteiger charge is 2.12. The summed E-state index contributed by atoms with van der Waals surface area (Å²) in [5, 5.41) is 9.10. The van der Waals surface area contributed by atoms with Gasteiger partial charge in [-0.05, 0) is 25.0 Å². The molecular formula is C16H23NO. The number of benzene rings is 1. The Balaban J connectivity index is 2.59. The SMILES string of the molecule is CCC(CC)N(CC#Cc1ccccc1)CCO. The number of aliphatic hydroxyl groups is 1. The van der Waals surface area contributed by atoms with Crippen molar-refractivity contribution in [1.29, 1.82) is 0 Å². The van der Waals surface area contributed by atoms with Crippen LogP contribution < -0.4 is 0 Å². The van der Waals surface area contributed by atoms with Crippen LogP contribution in [-0.4, -0.2) is 35.7 Å². The molecule has 1 aromatic rings. The molecule has 0 atom stereocenters. The molecule has 98 valence electrons. The molecule has 0 spiro atoms. The number of hydrogen-bond acceptors (Lipinski definition) is 2. The van der Waals surface area contributed by atoms with E-state index in [9.17, 15) is 0 Å². The van der Waals surface area contributed by atoms with E-state index in [-0.39, 0.29) is 6.61 Å². The van der Waals surface area contributed by atoms with Crippen LogP contribution in [0.2, 0.25) is 0 Å². The predicted octanol–water partition coefficient (Wildman–Crippen LogP) is 2.52. The van der Waals surface area contributed by atoms with Gasteiger partial charge >= 0.3 is 0 Å². The molecule has 0 aromatic heterocycles. The number of hydrogen-bond donors (Lipinski definition) is 1. The lowest BCUT2D eigenvalue weighted by Crippen LogP contribution is -2.37. The first-order chi connectivity index (χ1) is 8.81. The zero-order valence-electron chi connectivity index (χ0n) is 11.4.